The van der Waals surface area contributed by atoms with Crippen molar-refractivity contribution in [2.45, 2.75) is 20.8 Å². The normalized spacial score (nSPS) is 10.7. The lowest BCUT2D eigenvalue weighted by molar-refractivity contribution is -0.111. The van der Waals surface area contributed by atoms with E-state index in [1.165, 1.54) is 13.2 Å². The molecule has 6 nitrogen and oxygen atoms in total. The Bertz CT molecular complexity index is 883. The minimum absolute atomic E-state index is 0.169. The van der Waals surface area contributed by atoms with Gasteiger partial charge >= 0.3 is 5.97 Å². The van der Waals surface area contributed by atoms with Crippen molar-refractivity contribution in [1.82, 2.24) is 4.90 Å². The number of carbonyl (C=O) groups excluding carboxylic acids is 3. The molecule has 0 aliphatic rings. The summed E-state index contributed by atoms with van der Waals surface area (Å²) in [6.45, 7) is 6.59. The first-order valence-electron chi connectivity index (χ1n) is 8.97. The molecule has 28 heavy (non-hydrogen) atoms. The number of anilines is 1. The summed E-state index contributed by atoms with van der Waals surface area (Å²) in [5, 5.41) is 3.02. The molecule has 0 bridgehead atoms. The summed E-state index contributed by atoms with van der Waals surface area (Å²) in [6.07, 6.45) is 3.06. The van der Waals surface area contributed by atoms with Crippen LogP contribution in [0, 0.1) is 6.92 Å². The standard InChI is InChI=1S/C21H24N2O4S/c1-5-23(6-2)20(25)18-14(3)17(21(26)27-4)19(28-18)22-16(24)13-12-15-10-8-7-9-11-15/h7-13H,5-6H2,1-4H3,(H,22,24). The van der Waals surface area contributed by atoms with Gasteiger partial charge in [0.05, 0.1) is 17.6 Å². The van der Waals surface area contributed by atoms with E-state index < -0.39 is 11.9 Å². The van der Waals surface area contributed by atoms with E-state index in [0.717, 1.165) is 16.9 Å². The van der Waals surface area contributed by atoms with Crippen LogP contribution in [0.15, 0.2) is 36.4 Å². The van der Waals surface area contributed by atoms with Crippen molar-refractivity contribution in [2.75, 3.05) is 25.5 Å². The third kappa shape index (κ3) is 4.86. The van der Waals surface area contributed by atoms with Crippen molar-refractivity contribution in [3.63, 3.8) is 0 Å². The van der Waals surface area contributed by atoms with Gasteiger partial charge in [0.25, 0.3) is 5.91 Å². The van der Waals surface area contributed by atoms with Crippen LogP contribution in [-0.2, 0) is 9.53 Å². The molecule has 2 aromatic rings. The molecule has 7 heteroatoms. The van der Waals surface area contributed by atoms with Crippen LogP contribution in [0.1, 0.15) is 45.0 Å². The van der Waals surface area contributed by atoms with Crippen LogP contribution in [0.2, 0.25) is 0 Å². The zero-order valence-electron chi connectivity index (χ0n) is 16.4. The number of methoxy groups -OCH3 is 1. The molecule has 1 aromatic heterocycles. The highest BCUT2D eigenvalue weighted by Gasteiger charge is 2.27. The minimum Gasteiger partial charge on any atom is -0.465 e. The van der Waals surface area contributed by atoms with E-state index in [1.807, 2.05) is 44.2 Å². The van der Waals surface area contributed by atoms with Crippen molar-refractivity contribution in [2.24, 2.45) is 0 Å². The number of hydrogen-bond donors (Lipinski definition) is 1. The third-order valence-electron chi connectivity index (χ3n) is 4.24. The first kappa shape index (κ1) is 21.4. The van der Waals surface area contributed by atoms with Crippen LogP contribution in [0.5, 0.6) is 0 Å². The zero-order valence-corrected chi connectivity index (χ0v) is 17.3. The summed E-state index contributed by atoms with van der Waals surface area (Å²) in [6, 6.07) is 9.39. The average Bonchev–Trinajstić information content (AvgIpc) is 3.03. The predicted octanol–water partition coefficient (Wildman–Crippen LogP) is 3.98. The molecule has 0 aliphatic heterocycles. The fourth-order valence-corrected chi connectivity index (χ4v) is 3.86. The van der Waals surface area contributed by atoms with E-state index >= 15 is 0 Å². The molecule has 0 fully saturated rings. The maximum atomic E-state index is 12.8. The molecule has 0 atom stereocenters. The number of nitrogens with zero attached hydrogens (tertiary/aromatic N) is 1. The zero-order chi connectivity index (χ0) is 20.7. The van der Waals surface area contributed by atoms with E-state index in [-0.39, 0.29) is 11.5 Å². The van der Waals surface area contributed by atoms with Gasteiger partial charge < -0.3 is 15.0 Å². The van der Waals surface area contributed by atoms with E-state index in [2.05, 4.69) is 5.32 Å². The van der Waals surface area contributed by atoms with Gasteiger partial charge in [-0.2, -0.15) is 0 Å². The molecule has 1 heterocycles. The number of esters is 1. The molecule has 0 aliphatic carbocycles. The van der Waals surface area contributed by atoms with Crippen LogP contribution < -0.4 is 5.32 Å². The molecule has 1 aromatic carbocycles. The number of nitrogens with one attached hydrogen (secondary N) is 1. The smallest absolute Gasteiger partial charge is 0.341 e. The van der Waals surface area contributed by atoms with E-state index in [1.54, 1.807) is 17.9 Å². The Balaban J connectivity index is 2.33. The second kappa shape index (κ2) is 9.85. The number of benzene rings is 1. The summed E-state index contributed by atoms with van der Waals surface area (Å²) < 4.78 is 4.85. The molecule has 0 spiro atoms. The van der Waals surface area contributed by atoms with E-state index in [9.17, 15) is 14.4 Å². The highest BCUT2D eigenvalue weighted by Crippen LogP contribution is 2.34. The molecule has 0 saturated carbocycles. The first-order valence-corrected chi connectivity index (χ1v) is 9.79. The Kier molecular flexibility index (Phi) is 7.52. The van der Waals surface area contributed by atoms with Crippen LogP contribution in [0.4, 0.5) is 5.00 Å². The van der Waals surface area contributed by atoms with Gasteiger partial charge in [-0.05, 0) is 38.0 Å². The van der Waals surface area contributed by atoms with Crippen molar-refractivity contribution in [3.8, 4) is 0 Å². The van der Waals surface area contributed by atoms with Gasteiger partial charge in [0, 0.05) is 19.2 Å². The molecule has 0 saturated heterocycles. The molecule has 1 N–H and O–H groups in total. The fourth-order valence-electron chi connectivity index (χ4n) is 2.70. The van der Waals surface area contributed by atoms with Gasteiger partial charge in [0.1, 0.15) is 5.00 Å². The lowest BCUT2D eigenvalue weighted by Crippen LogP contribution is -2.30. The van der Waals surface area contributed by atoms with E-state index in [4.69, 9.17) is 4.74 Å². The highest BCUT2D eigenvalue weighted by atomic mass is 32.1. The predicted molar refractivity (Wildman–Crippen MR) is 112 cm³/mol. The summed E-state index contributed by atoms with van der Waals surface area (Å²) in [4.78, 5) is 39.4. The molecule has 2 amide bonds. The maximum absolute atomic E-state index is 12.8. The fraction of sp³-hybridized carbons (Fsp3) is 0.286. The largest absolute Gasteiger partial charge is 0.465 e. The van der Waals surface area contributed by atoms with Gasteiger partial charge in [-0.1, -0.05) is 30.3 Å². The summed E-state index contributed by atoms with van der Waals surface area (Å²) in [7, 11) is 1.27. The first-order chi connectivity index (χ1) is 13.4. The molecular formula is C21H24N2O4S. The minimum atomic E-state index is -0.588. The SMILES string of the molecule is CCN(CC)C(=O)c1sc(NC(=O)C=Cc2ccccc2)c(C(=O)OC)c1C. The molecule has 148 valence electrons. The number of amides is 2. The lowest BCUT2D eigenvalue weighted by Gasteiger charge is -2.17. The molecule has 0 unspecified atom stereocenters. The summed E-state index contributed by atoms with van der Waals surface area (Å²) >= 11 is 1.09. The maximum Gasteiger partial charge on any atom is 0.341 e. The van der Waals surface area contributed by atoms with Crippen molar-refractivity contribution >= 4 is 40.2 Å². The van der Waals surface area contributed by atoms with Crippen LogP contribution in [-0.4, -0.2) is 42.9 Å². The van der Waals surface area contributed by atoms with Gasteiger partial charge in [0.15, 0.2) is 0 Å². The van der Waals surface area contributed by atoms with Gasteiger partial charge in [0.2, 0.25) is 5.91 Å². The summed E-state index contributed by atoms with van der Waals surface area (Å²) in [5.41, 5.74) is 1.60. The van der Waals surface area contributed by atoms with Crippen LogP contribution in [0.25, 0.3) is 6.08 Å². The van der Waals surface area contributed by atoms with Gasteiger partial charge in [-0.15, -0.1) is 11.3 Å². The number of carbonyl (C=O) groups is 3. The quantitative estimate of drug-likeness (QED) is 0.563. The number of hydrogen-bond acceptors (Lipinski definition) is 5. The Hall–Kier alpha value is -2.93. The van der Waals surface area contributed by atoms with Crippen molar-refractivity contribution in [3.05, 3.63) is 58.0 Å². The topological polar surface area (TPSA) is 75.7 Å². The Morgan fingerprint density at radius 3 is 2.36 bits per heavy atom. The van der Waals surface area contributed by atoms with Crippen molar-refractivity contribution in [1.29, 1.82) is 0 Å². The van der Waals surface area contributed by atoms with Gasteiger partial charge in [-0.3, -0.25) is 9.59 Å². The molecular weight excluding hydrogens is 376 g/mol. The highest BCUT2D eigenvalue weighted by molar-refractivity contribution is 7.18. The second-order valence-corrected chi connectivity index (χ2v) is 6.98. The summed E-state index contributed by atoms with van der Waals surface area (Å²) in [5.74, 6) is -1.15. The third-order valence-corrected chi connectivity index (χ3v) is 5.44. The number of rotatable bonds is 7. The monoisotopic (exact) mass is 400 g/mol. The molecule has 0 radical (unpaired) electrons. The number of ether oxygens (including phenoxy) is 1. The van der Waals surface area contributed by atoms with Crippen LogP contribution in [0.3, 0.4) is 0 Å². The van der Waals surface area contributed by atoms with E-state index in [0.29, 0.717) is 28.5 Å². The van der Waals surface area contributed by atoms with Crippen LogP contribution >= 0.6 is 11.3 Å². The average molecular weight is 401 g/mol. The van der Waals surface area contributed by atoms with Gasteiger partial charge in [-0.25, -0.2) is 4.79 Å². The number of thiophene rings is 1. The Morgan fingerprint density at radius 2 is 1.79 bits per heavy atom. The Labute approximate surface area is 168 Å². The second-order valence-electron chi connectivity index (χ2n) is 5.96. The lowest BCUT2D eigenvalue weighted by atomic mass is 10.1. The Morgan fingerprint density at radius 1 is 1.14 bits per heavy atom. The van der Waals surface area contributed by atoms with Crippen molar-refractivity contribution < 1.29 is 19.1 Å². The molecule has 2 rings (SSSR count).